The Morgan fingerprint density at radius 2 is 2.55 bits per heavy atom. The minimum Gasteiger partial charge on any atom is -0.286 e. The minimum absolute atomic E-state index is 0.0300. The Labute approximate surface area is 65.7 Å². The second-order valence-electron chi connectivity index (χ2n) is 2.17. The molecule has 11 heavy (non-hydrogen) atoms. The Morgan fingerprint density at radius 1 is 1.64 bits per heavy atom. The molecular formula is C8H9N3. The van der Waals surface area contributed by atoms with Gasteiger partial charge in [0, 0.05) is 12.4 Å². The van der Waals surface area contributed by atoms with Crippen LogP contribution in [-0.2, 0) is 0 Å². The zero-order valence-corrected chi connectivity index (χ0v) is 6.07. The number of nitrogens with zero attached hydrogens (tertiary/aromatic N) is 2. The fraction of sp³-hybridized carbons (Fsp3) is 0.250. The molecule has 0 fully saturated rings. The summed E-state index contributed by atoms with van der Waals surface area (Å²) in [6.07, 6.45) is 9.59. The average molecular weight is 147 g/mol. The highest BCUT2D eigenvalue weighted by atomic mass is 15.3. The van der Waals surface area contributed by atoms with Crippen LogP contribution in [0.2, 0.25) is 0 Å². The highest BCUT2D eigenvalue weighted by molar-refractivity contribution is 5.70. The summed E-state index contributed by atoms with van der Waals surface area (Å²) in [4.78, 5) is 0. The highest BCUT2D eigenvalue weighted by Gasteiger charge is 1.98. The van der Waals surface area contributed by atoms with Crippen molar-refractivity contribution in [2.75, 3.05) is 0 Å². The summed E-state index contributed by atoms with van der Waals surface area (Å²) in [5.74, 6) is -0.0300. The molecule has 1 atom stereocenters. The van der Waals surface area contributed by atoms with Crippen molar-refractivity contribution in [3.63, 3.8) is 0 Å². The van der Waals surface area contributed by atoms with E-state index in [1.165, 1.54) is 0 Å². The van der Waals surface area contributed by atoms with Gasteiger partial charge < -0.3 is 0 Å². The van der Waals surface area contributed by atoms with Crippen molar-refractivity contribution in [3.8, 4) is 6.07 Å². The van der Waals surface area contributed by atoms with Gasteiger partial charge in [-0.2, -0.15) is 10.4 Å². The molecule has 3 heteroatoms. The largest absolute Gasteiger partial charge is 0.286 e. The van der Waals surface area contributed by atoms with Gasteiger partial charge in [-0.3, -0.25) is 5.43 Å². The van der Waals surface area contributed by atoms with E-state index in [-0.39, 0.29) is 5.92 Å². The van der Waals surface area contributed by atoms with E-state index in [9.17, 15) is 0 Å². The molecule has 0 amide bonds. The van der Waals surface area contributed by atoms with Gasteiger partial charge in [-0.1, -0.05) is 12.2 Å². The van der Waals surface area contributed by atoms with E-state index in [4.69, 9.17) is 5.26 Å². The Kier molecular flexibility index (Phi) is 2.94. The van der Waals surface area contributed by atoms with Crippen LogP contribution in [0.15, 0.2) is 29.5 Å². The van der Waals surface area contributed by atoms with Crippen molar-refractivity contribution >= 4 is 6.21 Å². The van der Waals surface area contributed by atoms with Crippen LogP contribution in [0.25, 0.3) is 0 Å². The van der Waals surface area contributed by atoms with Crippen LogP contribution < -0.4 is 5.43 Å². The summed E-state index contributed by atoms with van der Waals surface area (Å²) in [6.45, 7) is 0. The minimum atomic E-state index is -0.0300. The summed E-state index contributed by atoms with van der Waals surface area (Å²) in [6, 6.07) is 2.17. The van der Waals surface area contributed by atoms with Gasteiger partial charge in [-0.05, 0) is 12.5 Å². The maximum absolute atomic E-state index is 8.60. The van der Waals surface area contributed by atoms with E-state index in [1.807, 2.05) is 12.2 Å². The van der Waals surface area contributed by atoms with E-state index in [0.717, 1.165) is 6.42 Å². The summed E-state index contributed by atoms with van der Waals surface area (Å²) in [7, 11) is 0. The summed E-state index contributed by atoms with van der Waals surface area (Å²) in [5.41, 5.74) is 2.70. The van der Waals surface area contributed by atoms with Crippen LogP contribution in [-0.4, -0.2) is 6.21 Å². The normalized spacial score (nSPS) is 31.4. The van der Waals surface area contributed by atoms with E-state index < -0.39 is 0 Å². The van der Waals surface area contributed by atoms with Crippen LogP contribution in [0.3, 0.4) is 0 Å². The molecule has 0 aromatic carbocycles. The first kappa shape index (κ1) is 7.55. The third kappa shape index (κ3) is 2.67. The maximum atomic E-state index is 8.60. The summed E-state index contributed by atoms with van der Waals surface area (Å²) >= 11 is 0. The lowest BCUT2D eigenvalue weighted by Crippen LogP contribution is -1.91. The maximum Gasteiger partial charge on any atom is 0.0700 e. The monoisotopic (exact) mass is 147 g/mol. The first-order valence-corrected chi connectivity index (χ1v) is 3.43. The molecule has 0 radical (unpaired) electrons. The molecule has 1 aliphatic rings. The Morgan fingerprint density at radius 3 is 3.36 bits per heavy atom. The molecule has 1 unspecified atom stereocenters. The molecule has 0 spiro atoms. The van der Waals surface area contributed by atoms with Crippen molar-refractivity contribution in [3.05, 3.63) is 24.4 Å². The molecule has 0 aromatic heterocycles. The van der Waals surface area contributed by atoms with Crippen molar-refractivity contribution in [2.24, 2.45) is 11.0 Å². The van der Waals surface area contributed by atoms with Crippen LogP contribution >= 0.6 is 0 Å². The molecule has 0 saturated heterocycles. The molecule has 1 aliphatic heterocycles. The zero-order chi connectivity index (χ0) is 7.94. The number of nitrogens with one attached hydrogen (secondary N) is 1. The molecule has 0 saturated carbocycles. The van der Waals surface area contributed by atoms with Crippen LogP contribution in [0, 0.1) is 17.2 Å². The van der Waals surface area contributed by atoms with Crippen LogP contribution in [0.4, 0.5) is 0 Å². The van der Waals surface area contributed by atoms with Gasteiger partial charge in [0.2, 0.25) is 0 Å². The molecule has 1 N–H and O–H groups in total. The Bertz CT molecular complexity index is 232. The van der Waals surface area contributed by atoms with Crippen molar-refractivity contribution in [2.45, 2.75) is 6.42 Å². The van der Waals surface area contributed by atoms with Crippen molar-refractivity contribution in [1.82, 2.24) is 5.43 Å². The fourth-order valence-electron chi connectivity index (χ4n) is 0.755. The van der Waals surface area contributed by atoms with Gasteiger partial charge in [0.1, 0.15) is 0 Å². The molecule has 0 aromatic rings. The van der Waals surface area contributed by atoms with Gasteiger partial charge >= 0.3 is 0 Å². The number of hydrazone groups is 1. The highest BCUT2D eigenvalue weighted by Crippen LogP contribution is 2.04. The number of hydrogen-bond donors (Lipinski definition) is 1. The standard InChI is InChI=1S/C8H9N3/c9-7-8-3-1-5-10-11-6-2-4-8/h1-3,5-6,8,11H,4H2/b3-1+,6-2+,10-5-. The van der Waals surface area contributed by atoms with E-state index >= 15 is 0 Å². The smallest absolute Gasteiger partial charge is 0.0700 e. The third-order valence-corrected chi connectivity index (χ3v) is 1.33. The summed E-state index contributed by atoms with van der Waals surface area (Å²) < 4.78 is 0. The average Bonchev–Trinajstić information content (AvgIpc) is 2.16. The number of allylic oxidation sites excluding steroid dienone is 3. The van der Waals surface area contributed by atoms with Crippen LogP contribution in [0.5, 0.6) is 0 Å². The quantitative estimate of drug-likeness (QED) is 0.559. The Balaban J connectivity index is 2.63. The molecular weight excluding hydrogens is 138 g/mol. The van der Waals surface area contributed by atoms with E-state index in [1.54, 1.807) is 18.5 Å². The molecule has 56 valence electrons. The number of nitriles is 1. The van der Waals surface area contributed by atoms with Crippen LogP contribution in [0.1, 0.15) is 6.42 Å². The number of rotatable bonds is 0. The number of hydrogen-bond acceptors (Lipinski definition) is 3. The Hall–Kier alpha value is -1.56. The van der Waals surface area contributed by atoms with E-state index in [0.29, 0.717) is 0 Å². The SMILES string of the molecule is N#CC1/C=C/C=N\N/C=C/C1. The second kappa shape index (κ2) is 4.29. The predicted octanol–water partition coefficient (Wildman–Crippen LogP) is 1.18. The first-order chi connectivity index (χ1) is 5.43. The van der Waals surface area contributed by atoms with Gasteiger partial charge in [0.15, 0.2) is 0 Å². The predicted molar refractivity (Wildman–Crippen MR) is 43.6 cm³/mol. The molecule has 3 nitrogen and oxygen atoms in total. The zero-order valence-electron chi connectivity index (χ0n) is 6.07. The van der Waals surface area contributed by atoms with Gasteiger partial charge in [0.25, 0.3) is 0 Å². The van der Waals surface area contributed by atoms with Crippen molar-refractivity contribution < 1.29 is 0 Å². The first-order valence-electron chi connectivity index (χ1n) is 3.43. The lowest BCUT2D eigenvalue weighted by atomic mass is 10.1. The molecule has 0 aliphatic carbocycles. The van der Waals surface area contributed by atoms with Gasteiger partial charge in [-0.15, -0.1) is 0 Å². The lowest BCUT2D eigenvalue weighted by molar-refractivity contribution is 0.840. The fourth-order valence-corrected chi connectivity index (χ4v) is 0.755. The van der Waals surface area contributed by atoms with E-state index in [2.05, 4.69) is 16.6 Å². The van der Waals surface area contributed by atoms with Gasteiger partial charge in [-0.25, -0.2) is 0 Å². The third-order valence-electron chi connectivity index (χ3n) is 1.33. The van der Waals surface area contributed by atoms with Crippen molar-refractivity contribution in [1.29, 1.82) is 5.26 Å². The lowest BCUT2D eigenvalue weighted by Gasteiger charge is -1.94. The second-order valence-corrected chi connectivity index (χ2v) is 2.17. The topological polar surface area (TPSA) is 48.2 Å². The van der Waals surface area contributed by atoms with Gasteiger partial charge in [0.05, 0.1) is 12.0 Å². The summed E-state index contributed by atoms with van der Waals surface area (Å²) in [5, 5.41) is 12.4. The molecule has 1 rings (SSSR count). The molecule has 0 bridgehead atoms. The molecule has 1 heterocycles.